The van der Waals surface area contributed by atoms with Gasteiger partial charge < -0.3 is 19.7 Å². The number of benzene rings is 3. The normalized spacial score (nSPS) is 16.4. The number of amides is 2. The Kier molecular flexibility index (Phi) is 8.42. The summed E-state index contributed by atoms with van der Waals surface area (Å²) in [7, 11) is 1.53. The first-order valence-electron chi connectivity index (χ1n) is 14.5. The number of thiazole rings is 1. The second-order valence-corrected chi connectivity index (χ2v) is 11.6. The van der Waals surface area contributed by atoms with Crippen LogP contribution in [0.3, 0.4) is 0 Å². The van der Waals surface area contributed by atoms with E-state index in [1.165, 1.54) is 18.4 Å². The van der Waals surface area contributed by atoms with Gasteiger partial charge in [0.2, 0.25) is 0 Å². The van der Waals surface area contributed by atoms with Crippen molar-refractivity contribution in [1.82, 2.24) is 9.47 Å². The number of nitrogens with zero attached hydrogens (tertiary/aromatic N) is 3. The van der Waals surface area contributed by atoms with E-state index >= 15 is 0 Å². The summed E-state index contributed by atoms with van der Waals surface area (Å²) in [4.78, 5) is 47.1. The number of carbonyl (C=O) groups is 2. The lowest BCUT2D eigenvalue weighted by Crippen LogP contribution is -2.40. The summed E-state index contributed by atoms with van der Waals surface area (Å²) in [6.07, 6.45) is 3.81. The molecule has 224 valence electrons. The van der Waals surface area contributed by atoms with E-state index in [1.54, 1.807) is 29.7 Å². The molecular formula is C34H32N4O5S. The van der Waals surface area contributed by atoms with Gasteiger partial charge >= 0.3 is 0 Å². The topological polar surface area (TPSA) is 102 Å². The van der Waals surface area contributed by atoms with E-state index in [0.29, 0.717) is 37.8 Å². The molecule has 0 saturated carbocycles. The van der Waals surface area contributed by atoms with Crippen LogP contribution in [0.5, 0.6) is 11.5 Å². The van der Waals surface area contributed by atoms with Crippen LogP contribution in [0.15, 0.2) is 99.9 Å². The van der Waals surface area contributed by atoms with Crippen LogP contribution in [0.4, 0.5) is 5.69 Å². The minimum atomic E-state index is -0.656. The number of carbonyl (C=O) groups excluding carboxylic acids is 2. The molecule has 0 aliphatic carbocycles. The molecule has 2 amide bonds. The lowest BCUT2D eigenvalue weighted by atomic mass is 9.95. The number of para-hydroxylation sites is 1. The zero-order valence-electron chi connectivity index (χ0n) is 24.5. The largest absolute Gasteiger partial charge is 0.493 e. The molecule has 9 nitrogen and oxygen atoms in total. The van der Waals surface area contributed by atoms with Crippen LogP contribution in [-0.4, -0.2) is 48.1 Å². The molecule has 0 unspecified atom stereocenters. The molecule has 2 aliphatic rings. The van der Waals surface area contributed by atoms with Crippen molar-refractivity contribution >= 4 is 34.9 Å². The van der Waals surface area contributed by atoms with E-state index in [0.717, 1.165) is 37.1 Å². The van der Waals surface area contributed by atoms with Gasteiger partial charge in [0.1, 0.15) is 0 Å². The van der Waals surface area contributed by atoms with E-state index in [1.807, 2.05) is 71.6 Å². The van der Waals surface area contributed by atoms with Crippen LogP contribution in [-0.2, 0) is 9.59 Å². The average Bonchev–Trinajstić information content (AvgIpc) is 3.69. The standard InChI is InChI=1S/C34H32N4O5S/c1-22-30(32(40)36-25-13-7-4-8-14-25)31(24-11-5-3-6-12-24)38-33(41)28(44-34(38)35-22)20-23-15-16-26(27(19-23)42-2)43-21-29(39)37-17-9-10-18-37/h3-8,11-16,19-20,31H,9-10,17-18,21H2,1-2H3,(H,36,40)/b28-20+/t31-/m0/s1. The Morgan fingerprint density at radius 3 is 2.41 bits per heavy atom. The number of methoxy groups -OCH3 is 1. The van der Waals surface area contributed by atoms with Crippen LogP contribution in [0, 0.1) is 0 Å². The average molecular weight is 609 g/mol. The zero-order valence-corrected chi connectivity index (χ0v) is 25.3. The predicted molar refractivity (Wildman–Crippen MR) is 170 cm³/mol. The Bertz CT molecular complexity index is 1910. The number of rotatable bonds is 8. The van der Waals surface area contributed by atoms with Gasteiger partial charge in [-0.2, -0.15) is 0 Å². The minimum absolute atomic E-state index is 0.0465. The molecule has 1 N–H and O–H groups in total. The third kappa shape index (κ3) is 5.93. The molecule has 0 bridgehead atoms. The maximum atomic E-state index is 14.0. The van der Waals surface area contributed by atoms with Gasteiger partial charge in [0.25, 0.3) is 17.4 Å². The number of nitrogens with one attached hydrogen (secondary N) is 1. The second kappa shape index (κ2) is 12.7. The monoisotopic (exact) mass is 608 g/mol. The van der Waals surface area contributed by atoms with Crippen LogP contribution in [0.1, 0.15) is 36.9 Å². The molecule has 44 heavy (non-hydrogen) atoms. The number of hydrogen-bond donors (Lipinski definition) is 1. The van der Waals surface area contributed by atoms with Crippen LogP contribution in [0.2, 0.25) is 0 Å². The lowest BCUT2D eigenvalue weighted by Gasteiger charge is -2.25. The molecule has 10 heteroatoms. The van der Waals surface area contributed by atoms with E-state index < -0.39 is 6.04 Å². The van der Waals surface area contributed by atoms with Crippen LogP contribution >= 0.6 is 11.3 Å². The highest BCUT2D eigenvalue weighted by Gasteiger charge is 2.32. The first kappa shape index (κ1) is 29.1. The van der Waals surface area contributed by atoms with Gasteiger partial charge in [-0.25, -0.2) is 4.99 Å². The van der Waals surface area contributed by atoms with Crippen molar-refractivity contribution in [3.8, 4) is 11.5 Å². The molecule has 2 aliphatic heterocycles. The van der Waals surface area contributed by atoms with Gasteiger partial charge in [-0.1, -0.05) is 65.9 Å². The van der Waals surface area contributed by atoms with Gasteiger partial charge in [0.15, 0.2) is 22.9 Å². The molecule has 1 fully saturated rings. The molecule has 6 rings (SSSR count). The third-order valence-electron chi connectivity index (χ3n) is 7.71. The van der Waals surface area contributed by atoms with Crippen LogP contribution < -0.4 is 29.7 Å². The van der Waals surface area contributed by atoms with Gasteiger partial charge in [0.05, 0.1) is 29.0 Å². The van der Waals surface area contributed by atoms with E-state index in [9.17, 15) is 14.4 Å². The maximum Gasteiger partial charge on any atom is 0.271 e. The first-order chi connectivity index (χ1) is 21.4. The van der Waals surface area contributed by atoms with Crippen molar-refractivity contribution in [2.45, 2.75) is 25.8 Å². The fourth-order valence-electron chi connectivity index (χ4n) is 5.52. The third-order valence-corrected chi connectivity index (χ3v) is 8.69. The number of likely N-dealkylation sites (tertiary alicyclic amines) is 1. The Morgan fingerprint density at radius 2 is 1.70 bits per heavy atom. The highest BCUT2D eigenvalue weighted by Crippen LogP contribution is 2.31. The predicted octanol–water partition coefficient (Wildman–Crippen LogP) is 3.88. The number of ether oxygens (including phenoxy) is 2. The summed E-state index contributed by atoms with van der Waals surface area (Å²) in [5, 5.41) is 2.96. The molecule has 3 heterocycles. The summed E-state index contributed by atoms with van der Waals surface area (Å²) in [6.45, 7) is 3.26. The molecule has 4 aromatic rings. The number of anilines is 1. The van der Waals surface area contributed by atoms with E-state index in [2.05, 4.69) is 5.32 Å². The molecule has 3 aromatic carbocycles. The fraction of sp³-hybridized carbons (Fsp3) is 0.235. The van der Waals surface area contributed by atoms with Crippen molar-refractivity contribution in [1.29, 1.82) is 0 Å². The Morgan fingerprint density at radius 1 is 1.00 bits per heavy atom. The molecule has 1 saturated heterocycles. The van der Waals surface area contributed by atoms with Crippen molar-refractivity contribution in [3.63, 3.8) is 0 Å². The Labute approximate surface area is 258 Å². The van der Waals surface area contributed by atoms with Gasteiger partial charge in [-0.05, 0) is 61.2 Å². The van der Waals surface area contributed by atoms with Crippen molar-refractivity contribution in [2.75, 3.05) is 32.1 Å². The Hall–Kier alpha value is -4.96. The Balaban J connectivity index is 1.34. The van der Waals surface area contributed by atoms with Crippen molar-refractivity contribution in [2.24, 2.45) is 4.99 Å². The van der Waals surface area contributed by atoms with Gasteiger partial charge in [-0.3, -0.25) is 19.0 Å². The summed E-state index contributed by atoms with van der Waals surface area (Å²) in [6, 6.07) is 23.4. The number of fused-ring (bicyclic) bond motifs is 1. The number of hydrogen-bond acceptors (Lipinski definition) is 7. The fourth-order valence-corrected chi connectivity index (χ4v) is 6.57. The summed E-state index contributed by atoms with van der Waals surface area (Å²) in [5.74, 6) is 0.546. The molecular weight excluding hydrogens is 576 g/mol. The number of allylic oxidation sites excluding steroid dienone is 1. The van der Waals surface area contributed by atoms with Gasteiger partial charge in [0, 0.05) is 18.8 Å². The summed E-state index contributed by atoms with van der Waals surface area (Å²) >= 11 is 1.26. The summed E-state index contributed by atoms with van der Waals surface area (Å²) in [5.41, 5.74) is 2.88. The SMILES string of the molecule is COc1cc(/C=c2/sc3n(c2=O)[C@@H](c2ccccc2)C(C(=O)Nc2ccccc2)=C(C)N=3)ccc1OCC(=O)N1CCCC1. The quantitative estimate of drug-likeness (QED) is 0.327. The number of aromatic nitrogens is 1. The highest BCUT2D eigenvalue weighted by atomic mass is 32.1. The van der Waals surface area contributed by atoms with Crippen LogP contribution in [0.25, 0.3) is 6.08 Å². The second-order valence-electron chi connectivity index (χ2n) is 10.6. The summed E-state index contributed by atoms with van der Waals surface area (Å²) < 4.78 is 13.4. The van der Waals surface area contributed by atoms with E-state index in [4.69, 9.17) is 14.5 Å². The zero-order chi connectivity index (χ0) is 30.6. The smallest absolute Gasteiger partial charge is 0.271 e. The van der Waals surface area contributed by atoms with Gasteiger partial charge in [-0.15, -0.1) is 0 Å². The molecule has 0 spiro atoms. The lowest BCUT2D eigenvalue weighted by molar-refractivity contribution is -0.132. The highest BCUT2D eigenvalue weighted by molar-refractivity contribution is 7.07. The van der Waals surface area contributed by atoms with Crippen molar-refractivity contribution < 1.29 is 19.1 Å². The minimum Gasteiger partial charge on any atom is -0.493 e. The molecule has 1 atom stereocenters. The maximum absolute atomic E-state index is 14.0. The molecule has 1 aromatic heterocycles. The van der Waals surface area contributed by atoms with E-state index in [-0.39, 0.29) is 24.0 Å². The first-order valence-corrected chi connectivity index (χ1v) is 15.3. The molecule has 0 radical (unpaired) electrons. The van der Waals surface area contributed by atoms with Crippen molar-refractivity contribution in [3.05, 3.63) is 121 Å².